The van der Waals surface area contributed by atoms with Crippen LogP contribution in [0.1, 0.15) is 42.5 Å². The van der Waals surface area contributed by atoms with Gasteiger partial charge in [0, 0.05) is 19.0 Å². The molecule has 3 aromatic rings. The highest BCUT2D eigenvalue weighted by atomic mass is 32.2. The number of sulfonamides is 1. The minimum absolute atomic E-state index is 0.0766. The molecule has 0 spiro atoms. The molecule has 0 radical (unpaired) electrons. The Morgan fingerprint density at radius 2 is 1.41 bits per heavy atom. The number of amides is 2. The Bertz CT molecular complexity index is 1340. The van der Waals surface area contributed by atoms with Crippen LogP contribution in [0, 0.1) is 13.8 Å². The van der Waals surface area contributed by atoms with Gasteiger partial charge in [-0.25, -0.2) is 8.42 Å². The van der Waals surface area contributed by atoms with E-state index in [9.17, 15) is 18.0 Å². The topological polar surface area (TPSA) is 86.8 Å². The van der Waals surface area contributed by atoms with Gasteiger partial charge in [0.25, 0.3) is 0 Å². The second kappa shape index (κ2) is 13.4. The molecule has 0 fully saturated rings. The number of carbonyl (C=O) groups is 2. The third-order valence-corrected chi connectivity index (χ3v) is 7.78. The maximum absolute atomic E-state index is 14.1. The standard InChI is InChI=1S/C31H39N3O4S/c1-6-25(4)32-31(36)29(20-26-13-9-7-10-14-26)33(21-27-15-11-8-12-16-27)30(35)22-34(39(5,37)38)28-18-23(2)17-24(3)19-28/h7-19,25,29H,6,20-22H2,1-5H3,(H,32,36). The van der Waals surface area contributed by atoms with E-state index >= 15 is 0 Å². The van der Waals surface area contributed by atoms with E-state index in [0.29, 0.717) is 12.1 Å². The highest BCUT2D eigenvalue weighted by Gasteiger charge is 2.33. The molecule has 1 N–H and O–H groups in total. The van der Waals surface area contributed by atoms with Gasteiger partial charge in [0.2, 0.25) is 21.8 Å². The quantitative estimate of drug-likeness (QED) is 0.357. The Labute approximate surface area is 232 Å². The smallest absolute Gasteiger partial charge is 0.244 e. The van der Waals surface area contributed by atoms with Crippen LogP contribution in [0.15, 0.2) is 78.9 Å². The number of nitrogens with one attached hydrogen (secondary N) is 1. The lowest BCUT2D eigenvalue weighted by Crippen LogP contribution is -2.54. The molecule has 0 aliphatic heterocycles. The van der Waals surface area contributed by atoms with Crippen molar-refractivity contribution in [2.24, 2.45) is 0 Å². The van der Waals surface area contributed by atoms with Crippen molar-refractivity contribution in [2.45, 2.75) is 59.2 Å². The van der Waals surface area contributed by atoms with Crippen molar-refractivity contribution in [1.82, 2.24) is 10.2 Å². The normalized spacial score (nSPS) is 12.8. The molecule has 0 aromatic heterocycles. The van der Waals surface area contributed by atoms with Gasteiger partial charge < -0.3 is 10.2 Å². The largest absolute Gasteiger partial charge is 0.352 e. The summed E-state index contributed by atoms with van der Waals surface area (Å²) in [7, 11) is -3.80. The summed E-state index contributed by atoms with van der Waals surface area (Å²) in [6.45, 7) is 7.42. The summed E-state index contributed by atoms with van der Waals surface area (Å²) in [6, 6.07) is 23.5. The third kappa shape index (κ3) is 8.68. The summed E-state index contributed by atoms with van der Waals surface area (Å²) in [6.07, 6.45) is 2.13. The molecule has 0 saturated carbocycles. The number of hydrogen-bond donors (Lipinski definition) is 1. The third-order valence-electron chi connectivity index (χ3n) is 6.64. The first-order chi connectivity index (χ1) is 18.5. The van der Waals surface area contributed by atoms with E-state index < -0.39 is 28.5 Å². The van der Waals surface area contributed by atoms with Crippen molar-refractivity contribution in [2.75, 3.05) is 17.1 Å². The zero-order chi connectivity index (χ0) is 28.6. The van der Waals surface area contributed by atoms with Crippen LogP contribution in [-0.4, -0.2) is 50.0 Å². The molecule has 8 heteroatoms. The van der Waals surface area contributed by atoms with Crippen LogP contribution in [0.3, 0.4) is 0 Å². The Morgan fingerprint density at radius 1 is 0.872 bits per heavy atom. The molecule has 2 atom stereocenters. The number of carbonyl (C=O) groups excluding carboxylic acids is 2. The van der Waals surface area contributed by atoms with Gasteiger partial charge in [-0.15, -0.1) is 0 Å². The van der Waals surface area contributed by atoms with Gasteiger partial charge in [0.05, 0.1) is 11.9 Å². The van der Waals surface area contributed by atoms with E-state index in [2.05, 4.69) is 5.32 Å². The average Bonchev–Trinajstić information content (AvgIpc) is 2.88. The predicted molar refractivity (Wildman–Crippen MR) is 157 cm³/mol. The van der Waals surface area contributed by atoms with Gasteiger partial charge in [-0.05, 0) is 61.6 Å². The summed E-state index contributed by atoms with van der Waals surface area (Å²) >= 11 is 0. The molecule has 0 saturated heterocycles. The van der Waals surface area contributed by atoms with Crippen molar-refractivity contribution in [3.8, 4) is 0 Å². The van der Waals surface area contributed by atoms with Crippen molar-refractivity contribution in [3.05, 3.63) is 101 Å². The summed E-state index contributed by atoms with van der Waals surface area (Å²) in [5.74, 6) is -0.724. The van der Waals surface area contributed by atoms with E-state index in [1.54, 1.807) is 12.1 Å². The number of benzene rings is 3. The zero-order valence-corrected chi connectivity index (χ0v) is 24.2. The van der Waals surface area contributed by atoms with Gasteiger partial charge in [0.1, 0.15) is 12.6 Å². The molecule has 0 bridgehead atoms. The minimum Gasteiger partial charge on any atom is -0.352 e. The van der Waals surface area contributed by atoms with Crippen molar-refractivity contribution in [1.29, 1.82) is 0 Å². The van der Waals surface area contributed by atoms with E-state index in [1.165, 1.54) is 4.90 Å². The molecule has 7 nitrogen and oxygen atoms in total. The Balaban J connectivity index is 2.05. The Morgan fingerprint density at radius 3 is 1.92 bits per heavy atom. The second-order valence-electron chi connectivity index (χ2n) is 10.1. The number of hydrogen-bond acceptors (Lipinski definition) is 4. The van der Waals surface area contributed by atoms with Gasteiger partial charge in [-0.1, -0.05) is 73.7 Å². The highest BCUT2D eigenvalue weighted by molar-refractivity contribution is 7.92. The Kier molecular flexibility index (Phi) is 10.3. The molecular weight excluding hydrogens is 510 g/mol. The summed E-state index contributed by atoms with van der Waals surface area (Å²) in [4.78, 5) is 29.3. The minimum atomic E-state index is -3.80. The highest BCUT2D eigenvalue weighted by Crippen LogP contribution is 2.23. The first-order valence-electron chi connectivity index (χ1n) is 13.2. The Hall–Kier alpha value is -3.65. The van der Waals surface area contributed by atoms with E-state index in [0.717, 1.165) is 39.2 Å². The van der Waals surface area contributed by atoms with Crippen LogP contribution in [0.2, 0.25) is 0 Å². The molecule has 2 amide bonds. The van der Waals surface area contributed by atoms with Crippen LogP contribution in [0.25, 0.3) is 0 Å². The average molecular weight is 550 g/mol. The van der Waals surface area contributed by atoms with E-state index in [1.807, 2.05) is 94.4 Å². The molecule has 208 valence electrons. The van der Waals surface area contributed by atoms with Crippen LogP contribution in [0.4, 0.5) is 5.69 Å². The van der Waals surface area contributed by atoms with Crippen LogP contribution >= 0.6 is 0 Å². The van der Waals surface area contributed by atoms with Crippen LogP contribution < -0.4 is 9.62 Å². The van der Waals surface area contributed by atoms with E-state index in [-0.39, 0.29) is 18.5 Å². The number of aryl methyl sites for hydroxylation is 2. The number of nitrogens with zero attached hydrogens (tertiary/aromatic N) is 2. The fraction of sp³-hybridized carbons (Fsp3) is 0.355. The second-order valence-corrected chi connectivity index (χ2v) is 12.1. The molecular formula is C31H39N3O4S. The van der Waals surface area contributed by atoms with Gasteiger partial charge >= 0.3 is 0 Å². The summed E-state index contributed by atoms with van der Waals surface area (Å²) in [5.41, 5.74) is 3.95. The zero-order valence-electron chi connectivity index (χ0n) is 23.4. The first kappa shape index (κ1) is 29.9. The van der Waals surface area contributed by atoms with Crippen molar-refractivity contribution < 1.29 is 18.0 Å². The lowest BCUT2D eigenvalue weighted by molar-refractivity contribution is -0.140. The van der Waals surface area contributed by atoms with E-state index in [4.69, 9.17) is 0 Å². The van der Waals surface area contributed by atoms with Gasteiger partial charge in [-0.3, -0.25) is 13.9 Å². The van der Waals surface area contributed by atoms with Gasteiger partial charge in [-0.2, -0.15) is 0 Å². The molecule has 3 rings (SSSR count). The summed E-state index contributed by atoms with van der Waals surface area (Å²) < 4.78 is 27.0. The lowest BCUT2D eigenvalue weighted by Gasteiger charge is -2.34. The predicted octanol–water partition coefficient (Wildman–Crippen LogP) is 4.62. The van der Waals surface area contributed by atoms with Crippen molar-refractivity contribution in [3.63, 3.8) is 0 Å². The number of anilines is 1. The molecule has 0 heterocycles. The van der Waals surface area contributed by atoms with Crippen LogP contribution in [-0.2, 0) is 32.6 Å². The molecule has 0 aliphatic carbocycles. The molecule has 39 heavy (non-hydrogen) atoms. The SMILES string of the molecule is CCC(C)NC(=O)C(Cc1ccccc1)N(Cc1ccccc1)C(=O)CN(c1cc(C)cc(C)c1)S(C)(=O)=O. The van der Waals surface area contributed by atoms with Gasteiger partial charge in [0.15, 0.2) is 0 Å². The lowest BCUT2D eigenvalue weighted by atomic mass is 10.0. The molecule has 0 aliphatic rings. The fourth-order valence-electron chi connectivity index (χ4n) is 4.48. The fourth-order valence-corrected chi connectivity index (χ4v) is 5.32. The first-order valence-corrected chi connectivity index (χ1v) is 15.1. The maximum atomic E-state index is 14.1. The molecule has 3 aromatic carbocycles. The van der Waals surface area contributed by atoms with Crippen molar-refractivity contribution >= 4 is 27.5 Å². The van der Waals surface area contributed by atoms with Crippen LogP contribution in [0.5, 0.6) is 0 Å². The number of rotatable bonds is 12. The molecule has 2 unspecified atom stereocenters. The summed E-state index contributed by atoms with van der Waals surface area (Å²) in [5, 5.41) is 3.04. The monoisotopic (exact) mass is 549 g/mol. The maximum Gasteiger partial charge on any atom is 0.244 e.